The lowest BCUT2D eigenvalue weighted by Crippen LogP contribution is -2.07. The second kappa shape index (κ2) is 3.88. The number of carbonyl (C=O) groups is 1. The highest BCUT2D eigenvalue weighted by Gasteiger charge is 2.00. The Bertz CT molecular complexity index is 284. The normalized spacial score (nSPS) is 9.50. The summed E-state index contributed by atoms with van der Waals surface area (Å²) in [5.74, 6) is -0.157. The molecule has 0 atom stereocenters. The zero-order valence-corrected chi connectivity index (χ0v) is 6.83. The molecule has 63 valence electrons. The Balaban J connectivity index is 2.89. The number of para-hydroxylation sites is 1. The van der Waals surface area contributed by atoms with Gasteiger partial charge in [-0.25, -0.2) is 5.11 Å². The van der Waals surface area contributed by atoms with Gasteiger partial charge in [-0.05, 0) is 6.07 Å². The largest absolute Gasteiger partial charge is 0.326 e. The summed E-state index contributed by atoms with van der Waals surface area (Å²) in [4.78, 5) is 10.7. The lowest BCUT2D eigenvalue weighted by atomic mass is 10.2. The summed E-state index contributed by atoms with van der Waals surface area (Å²) in [7, 11) is 0. The van der Waals surface area contributed by atoms with Crippen molar-refractivity contribution in [3.05, 3.63) is 29.8 Å². The van der Waals surface area contributed by atoms with Gasteiger partial charge in [0.1, 0.15) is 6.61 Å². The molecule has 1 aromatic carbocycles. The van der Waals surface area contributed by atoms with Gasteiger partial charge < -0.3 is 5.32 Å². The summed E-state index contributed by atoms with van der Waals surface area (Å²) >= 11 is 0. The van der Waals surface area contributed by atoms with E-state index in [1.807, 2.05) is 0 Å². The van der Waals surface area contributed by atoms with Crippen LogP contribution in [0.15, 0.2) is 24.3 Å². The van der Waals surface area contributed by atoms with Crippen molar-refractivity contribution in [3.63, 3.8) is 0 Å². The fourth-order valence-electron chi connectivity index (χ4n) is 0.958. The molecule has 0 spiro atoms. The van der Waals surface area contributed by atoms with Crippen molar-refractivity contribution >= 4 is 11.6 Å². The Hall–Kier alpha value is -1.35. The first-order valence-electron chi connectivity index (χ1n) is 3.67. The van der Waals surface area contributed by atoms with E-state index in [1.165, 1.54) is 6.92 Å². The maximum Gasteiger partial charge on any atom is 0.221 e. The fourth-order valence-corrected chi connectivity index (χ4v) is 0.958. The van der Waals surface area contributed by atoms with Crippen LogP contribution in [0, 0.1) is 0 Å². The van der Waals surface area contributed by atoms with E-state index in [2.05, 4.69) is 5.32 Å². The van der Waals surface area contributed by atoms with Gasteiger partial charge in [0.05, 0.1) is 0 Å². The number of nitrogens with one attached hydrogen (secondary N) is 1. The molecule has 1 radical (unpaired) electrons. The maximum atomic E-state index is 10.7. The second-order valence-electron chi connectivity index (χ2n) is 2.48. The first-order valence-corrected chi connectivity index (χ1v) is 3.67. The van der Waals surface area contributed by atoms with E-state index in [0.717, 1.165) is 0 Å². The van der Waals surface area contributed by atoms with Crippen LogP contribution < -0.4 is 5.32 Å². The number of benzene rings is 1. The van der Waals surface area contributed by atoms with Crippen LogP contribution in [0.3, 0.4) is 0 Å². The minimum absolute atomic E-state index is 0.157. The van der Waals surface area contributed by atoms with Gasteiger partial charge >= 0.3 is 0 Å². The van der Waals surface area contributed by atoms with Crippen LogP contribution in [-0.4, -0.2) is 5.91 Å². The van der Waals surface area contributed by atoms with Crippen LogP contribution in [-0.2, 0) is 16.5 Å². The first-order chi connectivity index (χ1) is 5.74. The molecule has 0 bridgehead atoms. The van der Waals surface area contributed by atoms with Crippen molar-refractivity contribution in [1.82, 2.24) is 0 Å². The molecule has 3 nitrogen and oxygen atoms in total. The first kappa shape index (κ1) is 8.74. The number of carbonyl (C=O) groups excluding carboxylic acids is 1. The Morgan fingerprint density at radius 2 is 2.08 bits per heavy atom. The lowest BCUT2D eigenvalue weighted by Gasteiger charge is -2.05. The van der Waals surface area contributed by atoms with Crippen LogP contribution in [0.4, 0.5) is 5.69 Å². The highest BCUT2D eigenvalue weighted by atomic mass is 16.3. The third-order valence-electron chi connectivity index (χ3n) is 1.48. The second-order valence-corrected chi connectivity index (χ2v) is 2.48. The average Bonchev–Trinajstić information content (AvgIpc) is 2.04. The molecule has 0 heterocycles. The minimum atomic E-state index is -0.309. The van der Waals surface area contributed by atoms with E-state index >= 15 is 0 Å². The van der Waals surface area contributed by atoms with Crippen LogP contribution in [0.1, 0.15) is 12.5 Å². The molecule has 0 aromatic heterocycles. The van der Waals surface area contributed by atoms with Gasteiger partial charge in [0.25, 0.3) is 0 Å². The number of amides is 1. The van der Waals surface area contributed by atoms with Crippen LogP contribution in [0.25, 0.3) is 0 Å². The van der Waals surface area contributed by atoms with Crippen molar-refractivity contribution < 1.29 is 9.90 Å². The van der Waals surface area contributed by atoms with Crippen LogP contribution >= 0.6 is 0 Å². The molecule has 0 fully saturated rings. The van der Waals surface area contributed by atoms with E-state index in [4.69, 9.17) is 0 Å². The van der Waals surface area contributed by atoms with Gasteiger partial charge in [0, 0.05) is 18.2 Å². The Labute approximate surface area is 71.0 Å². The highest BCUT2D eigenvalue weighted by Crippen LogP contribution is 2.14. The molecule has 0 aliphatic heterocycles. The van der Waals surface area contributed by atoms with Gasteiger partial charge in [-0.3, -0.25) is 4.79 Å². The standard InChI is InChI=1S/C9H10NO2/c1-7(12)10-9-5-3-2-4-8(9)6-11/h2-5H,6H2,1H3,(H,10,12). The summed E-state index contributed by atoms with van der Waals surface area (Å²) in [6.07, 6.45) is 0. The molecule has 0 saturated carbocycles. The summed E-state index contributed by atoms with van der Waals surface area (Å²) in [6, 6.07) is 6.98. The molecular weight excluding hydrogens is 154 g/mol. The van der Waals surface area contributed by atoms with E-state index < -0.39 is 0 Å². The van der Waals surface area contributed by atoms with Gasteiger partial charge in [0.15, 0.2) is 0 Å². The van der Waals surface area contributed by atoms with E-state index in [-0.39, 0.29) is 12.5 Å². The predicted molar refractivity (Wildman–Crippen MR) is 45.1 cm³/mol. The quantitative estimate of drug-likeness (QED) is 0.708. The number of rotatable bonds is 2. The van der Waals surface area contributed by atoms with E-state index in [9.17, 15) is 9.90 Å². The van der Waals surface area contributed by atoms with Crippen molar-refractivity contribution in [1.29, 1.82) is 0 Å². The predicted octanol–water partition coefficient (Wildman–Crippen LogP) is 1.58. The lowest BCUT2D eigenvalue weighted by molar-refractivity contribution is -0.114. The molecular formula is C9H10NO2. The summed E-state index contributed by atoms with van der Waals surface area (Å²) in [6.45, 7) is 1.11. The topological polar surface area (TPSA) is 49.0 Å². The molecule has 3 heteroatoms. The average molecular weight is 164 g/mol. The molecule has 0 aliphatic carbocycles. The summed E-state index contributed by atoms with van der Waals surface area (Å²) in [5.41, 5.74) is 1.23. The summed E-state index contributed by atoms with van der Waals surface area (Å²) in [5, 5.41) is 13.2. The molecule has 12 heavy (non-hydrogen) atoms. The maximum absolute atomic E-state index is 10.7. The molecule has 1 N–H and O–H groups in total. The van der Waals surface area contributed by atoms with Gasteiger partial charge in [0.2, 0.25) is 5.91 Å². The van der Waals surface area contributed by atoms with Gasteiger partial charge in [-0.15, -0.1) is 0 Å². The van der Waals surface area contributed by atoms with Crippen molar-refractivity contribution in [2.24, 2.45) is 0 Å². The molecule has 0 unspecified atom stereocenters. The molecule has 1 amide bonds. The minimum Gasteiger partial charge on any atom is -0.326 e. The van der Waals surface area contributed by atoms with Crippen LogP contribution in [0.2, 0.25) is 0 Å². The van der Waals surface area contributed by atoms with E-state index in [1.54, 1.807) is 24.3 Å². The smallest absolute Gasteiger partial charge is 0.221 e. The Morgan fingerprint density at radius 3 is 2.67 bits per heavy atom. The molecule has 0 aliphatic rings. The van der Waals surface area contributed by atoms with Crippen LogP contribution in [0.5, 0.6) is 0 Å². The van der Waals surface area contributed by atoms with Gasteiger partial charge in [-0.1, -0.05) is 18.2 Å². The third kappa shape index (κ3) is 2.07. The highest BCUT2D eigenvalue weighted by molar-refractivity contribution is 5.89. The molecule has 1 aromatic rings. The zero-order chi connectivity index (χ0) is 8.97. The van der Waals surface area contributed by atoms with Crippen molar-refractivity contribution in [3.8, 4) is 0 Å². The third-order valence-corrected chi connectivity index (χ3v) is 1.48. The molecule has 0 saturated heterocycles. The number of anilines is 1. The SMILES string of the molecule is CC(=O)Nc1ccccc1C[O]. The number of hydrogen-bond acceptors (Lipinski definition) is 1. The van der Waals surface area contributed by atoms with Crippen molar-refractivity contribution in [2.75, 3.05) is 5.32 Å². The molecule has 1 rings (SSSR count). The van der Waals surface area contributed by atoms with E-state index in [0.29, 0.717) is 11.3 Å². The fraction of sp³-hybridized carbons (Fsp3) is 0.222. The Morgan fingerprint density at radius 1 is 1.42 bits per heavy atom. The Kier molecular flexibility index (Phi) is 2.82. The monoisotopic (exact) mass is 164 g/mol. The summed E-state index contributed by atoms with van der Waals surface area (Å²) < 4.78 is 0. The van der Waals surface area contributed by atoms with Gasteiger partial charge in [-0.2, -0.15) is 0 Å². The van der Waals surface area contributed by atoms with Crippen molar-refractivity contribution in [2.45, 2.75) is 13.5 Å². The number of hydrogen-bond donors (Lipinski definition) is 1. The zero-order valence-electron chi connectivity index (χ0n) is 6.83.